The second-order valence-corrected chi connectivity index (χ2v) is 5.68. The predicted molar refractivity (Wildman–Crippen MR) is 77.5 cm³/mol. The van der Waals surface area contributed by atoms with Crippen molar-refractivity contribution in [2.24, 2.45) is 11.8 Å². The summed E-state index contributed by atoms with van der Waals surface area (Å²) in [6.07, 6.45) is 0.817. The maximum atomic E-state index is 14.0. The lowest BCUT2D eigenvalue weighted by Crippen LogP contribution is -2.42. The molecule has 21 heavy (non-hydrogen) atoms. The minimum absolute atomic E-state index is 0.142. The highest BCUT2D eigenvalue weighted by atomic mass is 19.1. The van der Waals surface area contributed by atoms with Crippen LogP contribution in [0.1, 0.15) is 18.9 Å². The second-order valence-electron chi connectivity index (χ2n) is 5.68. The van der Waals surface area contributed by atoms with Gasteiger partial charge in [-0.2, -0.15) is 0 Å². The molecule has 2 atom stereocenters. The van der Waals surface area contributed by atoms with Crippen molar-refractivity contribution in [2.75, 3.05) is 27.3 Å². The molecule has 0 amide bonds. The summed E-state index contributed by atoms with van der Waals surface area (Å²) in [5, 5.41) is 0. The van der Waals surface area contributed by atoms with Gasteiger partial charge in [0.05, 0.1) is 20.1 Å². The number of rotatable bonds is 4. The fraction of sp³-hybridized carbons (Fsp3) is 0.562. The molecule has 0 aromatic heterocycles. The topological polar surface area (TPSA) is 38.8 Å². The van der Waals surface area contributed by atoms with E-state index in [-0.39, 0.29) is 17.7 Å². The van der Waals surface area contributed by atoms with Gasteiger partial charge in [0.15, 0.2) is 0 Å². The summed E-state index contributed by atoms with van der Waals surface area (Å²) in [7, 11) is 2.94. The fourth-order valence-corrected chi connectivity index (χ4v) is 3.04. The SMILES string of the molecule is COC(=O)C1CC(C)CN(Cc2c(F)cccc2OC)C1. The minimum Gasteiger partial charge on any atom is -0.496 e. The second kappa shape index (κ2) is 6.89. The van der Waals surface area contributed by atoms with Crippen molar-refractivity contribution in [3.05, 3.63) is 29.6 Å². The van der Waals surface area contributed by atoms with Gasteiger partial charge in [-0.05, 0) is 24.5 Å². The van der Waals surface area contributed by atoms with Crippen molar-refractivity contribution < 1.29 is 18.7 Å². The Hall–Kier alpha value is -1.62. The zero-order chi connectivity index (χ0) is 15.4. The molecular weight excluding hydrogens is 273 g/mol. The maximum Gasteiger partial charge on any atom is 0.309 e. The van der Waals surface area contributed by atoms with Gasteiger partial charge < -0.3 is 9.47 Å². The van der Waals surface area contributed by atoms with E-state index >= 15 is 0 Å². The van der Waals surface area contributed by atoms with Crippen molar-refractivity contribution in [3.8, 4) is 5.75 Å². The van der Waals surface area contributed by atoms with Gasteiger partial charge in [-0.1, -0.05) is 13.0 Å². The Morgan fingerprint density at radius 1 is 1.38 bits per heavy atom. The van der Waals surface area contributed by atoms with Crippen molar-refractivity contribution in [2.45, 2.75) is 19.9 Å². The Bertz CT molecular complexity index is 506. The molecular formula is C16H22FNO3. The summed E-state index contributed by atoms with van der Waals surface area (Å²) < 4.78 is 24.1. The molecule has 0 bridgehead atoms. The van der Waals surface area contributed by atoms with Gasteiger partial charge in [-0.25, -0.2) is 4.39 Å². The molecule has 2 rings (SSSR count). The van der Waals surface area contributed by atoms with Crippen LogP contribution >= 0.6 is 0 Å². The van der Waals surface area contributed by atoms with Gasteiger partial charge in [0.2, 0.25) is 0 Å². The van der Waals surface area contributed by atoms with E-state index < -0.39 is 0 Å². The molecule has 0 spiro atoms. The molecule has 1 heterocycles. The Morgan fingerprint density at radius 2 is 2.14 bits per heavy atom. The number of likely N-dealkylation sites (tertiary alicyclic amines) is 1. The van der Waals surface area contributed by atoms with E-state index in [2.05, 4.69) is 11.8 Å². The highest BCUT2D eigenvalue weighted by molar-refractivity contribution is 5.72. The number of halogens is 1. The lowest BCUT2D eigenvalue weighted by Gasteiger charge is -2.35. The number of benzene rings is 1. The molecule has 1 saturated heterocycles. The van der Waals surface area contributed by atoms with E-state index in [0.29, 0.717) is 30.3 Å². The Kier molecular flexibility index (Phi) is 5.17. The highest BCUT2D eigenvalue weighted by Gasteiger charge is 2.31. The smallest absolute Gasteiger partial charge is 0.309 e. The third kappa shape index (κ3) is 3.73. The minimum atomic E-state index is -0.276. The van der Waals surface area contributed by atoms with Crippen LogP contribution < -0.4 is 4.74 Å². The van der Waals surface area contributed by atoms with E-state index in [1.807, 2.05) is 0 Å². The first-order chi connectivity index (χ1) is 10.0. The summed E-state index contributed by atoms with van der Waals surface area (Å²) in [5.74, 6) is 0.314. The number of carbonyl (C=O) groups excluding carboxylic acids is 1. The Balaban J connectivity index is 2.13. The average Bonchev–Trinajstić information content (AvgIpc) is 2.48. The summed E-state index contributed by atoms with van der Waals surface area (Å²) >= 11 is 0. The normalized spacial score (nSPS) is 22.9. The third-order valence-electron chi connectivity index (χ3n) is 3.95. The number of esters is 1. The summed E-state index contributed by atoms with van der Waals surface area (Å²) in [4.78, 5) is 13.8. The van der Waals surface area contributed by atoms with Crippen LogP contribution in [-0.2, 0) is 16.1 Å². The molecule has 2 unspecified atom stereocenters. The largest absolute Gasteiger partial charge is 0.496 e. The number of methoxy groups -OCH3 is 2. The molecule has 0 saturated carbocycles. The van der Waals surface area contributed by atoms with E-state index in [4.69, 9.17) is 9.47 Å². The molecule has 4 nitrogen and oxygen atoms in total. The molecule has 1 aromatic rings. The van der Waals surface area contributed by atoms with Crippen LogP contribution in [0.5, 0.6) is 5.75 Å². The molecule has 5 heteroatoms. The van der Waals surface area contributed by atoms with Gasteiger partial charge in [0, 0.05) is 25.2 Å². The van der Waals surface area contributed by atoms with Crippen LogP contribution in [0.25, 0.3) is 0 Å². The van der Waals surface area contributed by atoms with Crippen LogP contribution in [0.15, 0.2) is 18.2 Å². The van der Waals surface area contributed by atoms with Crippen molar-refractivity contribution >= 4 is 5.97 Å². The summed E-state index contributed by atoms with van der Waals surface area (Å²) in [6, 6.07) is 4.82. The van der Waals surface area contributed by atoms with Crippen molar-refractivity contribution in [1.82, 2.24) is 4.90 Å². The van der Waals surface area contributed by atoms with Crippen LogP contribution in [0.2, 0.25) is 0 Å². The van der Waals surface area contributed by atoms with E-state index in [0.717, 1.165) is 13.0 Å². The van der Waals surface area contributed by atoms with Crippen molar-refractivity contribution in [3.63, 3.8) is 0 Å². The highest BCUT2D eigenvalue weighted by Crippen LogP contribution is 2.28. The Morgan fingerprint density at radius 3 is 2.81 bits per heavy atom. The molecule has 0 N–H and O–H groups in total. The zero-order valence-corrected chi connectivity index (χ0v) is 12.8. The monoisotopic (exact) mass is 295 g/mol. The molecule has 1 aromatic carbocycles. The molecule has 1 fully saturated rings. The quantitative estimate of drug-likeness (QED) is 0.800. The van der Waals surface area contributed by atoms with Gasteiger partial charge in [0.1, 0.15) is 11.6 Å². The van der Waals surface area contributed by atoms with Crippen LogP contribution in [0.4, 0.5) is 4.39 Å². The van der Waals surface area contributed by atoms with Crippen molar-refractivity contribution in [1.29, 1.82) is 0 Å². The first-order valence-corrected chi connectivity index (χ1v) is 7.16. The maximum absolute atomic E-state index is 14.0. The molecule has 0 radical (unpaired) electrons. The van der Waals surface area contributed by atoms with Gasteiger partial charge in [0.25, 0.3) is 0 Å². The van der Waals surface area contributed by atoms with Crippen LogP contribution in [0.3, 0.4) is 0 Å². The number of nitrogens with zero attached hydrogens (tertiary/aromatic N) is 1. The van der Waals surface area contributed by atoms with Gasteiger partial charge >= 0.3 is 5.97 Å². The standard InChI is InChI=1S/C16H22FNO3/c1-11-7-12(16(19)21-3)9-18(8-11)10-13-14(17)5-4-6-15(13)20-2/h4-6,11-12H,7-10H2,1-3H3. The zero-order valence-electron chi connectivity index (χ0n) is 12.8. The summed E-state index contributed by atoms with van der Waals surface area (Å²) in [5.41, 5.74) is 0.540. The molecule has 1 aliphatic rings. The number of carbonyl (C=O) groups is 1. The average molecular weight is 295 g/mol. The molecule has 116 valence electrons. The number of hydrogen-bond acceptors (Lipinski definition) is 4. The first kappa shape index (κ1) is 15.8. The lowest BCUT2D eigenvalue weighted by atomic mass is 9.90. The number of ether oxygens (including phenoxy) is 2. The molecule has 1 aliphatic heterocycles. The third-order valence-corrected chi connectivity index (χ3v) is 3.95. The fourth-order valence-electron chi connectivity index (χ4n) is 3.04. The first-order valence-electron chi connectivity index (χ1n) is 7.16. The lowest BCUT2D eigenvalue weighted by molar-refractivity contribution is -0.148. The van der Waals surface area contributed by atoms with E-state index in [9.17, 15) is 9.18 Å². The van der Waals surface area contributed by atoms with E-state index in [1.54, 1.807) is 12.1 Å². The van der Waals surface area contributed by atoms with Gasteiger partial charge in [-0.15, -0.1) is 0 Å². The van der Waals surface area contributed by atoms with Crippen LogP contribution in [-0.4, -0.2) is 38.2 Å². The molecule has 0 aliphatic carbocycles. The van der Waals surface area contributed by atoms with Gasteiger partial charge in [-0.3, -0.25) is 9.69 Å². The summed E-state index contributed by atoms with van der Waals surface area (Å²) in [6.45, 7) is 3.97. The van der Waals surface area contributed by atoms with Crippen LogP contribution in [0, 0.1) is 17.7 Å². The Labute approximate surface area is 124 Å². The van der Waals surface area contributed by atoms with E-state index in [1.165, 1.54) is 20.3 Å². The predicted octanol–water partition coefficient (Wildman–Crippen LogP) is 2.47. The number of hydrogen-bond donors (Lipinski definition) is 0. The number of piperidine rings is 1.